The molecule has 0 aliphatic carbocycles. The maximum absolute atomic E-state index is 13.6. The molecule has 3 nitrogen and oxygen atoms in total. The van der Waals surface area contributed by atoms with Crippen LogP contribution < -0.4 is 10.1 Å². The van der Waals surface area contributed by atoms with Gasteiger partial charge in [-0.1, -0.05) is 25.3 Å². The number of benzene rings is 1. The SMILES string of the molecule is C=C/C=C\C(=C)Oc1ccc(NCC#N)cc1F. The van der Waals surface area contributed by atoms with Crippen molar-refractivity contribution in [1.82, 2.24) is 0 Å². The van der Waals surface area contributed by atoms with Crippen LogP contribution in [0.1, 0.15) is 0 Å². The summed E-state index contributed by atoms with van der Waals surface area (Å²) in [4.78, 5) is 0. The molecule has 0 bridgehead atoms. The molecule has 0 fully saturated rings. The Morgan fingerprint density at radius 3 is 2.94 bits per heavy atom. The van der Waals surface area contributed by atoms with Crippen molar-refractivity contribution in [1.29, 1.82) is 5.26 Å². The van der Waals surface area contributed by atoms with Crippen LogP contribution in [0, 0.1) is 17.1 Å². The van der Waals surface area contributed by atoms with E-state index in [-0.39, 0.29) is 12.3 Å². The zero-order valence-corrected chi connectivity index (χ0v) is 9.82. The van der Waals surface area contributed by atoms with Gasteiger partial charge in [0.15, 0.2) is 11.6 Å². The molecule has 1 N–H and O–H groups in total. The van der Waals surface area contributed by atoms with E-state index in [1.54, 1.807) is 24.3 Å². The molecule has 1 aromatic carbocycles. The van der Waals surface area contributed by atoms with Crippen molar-refractivity contribution in [3.8, 4) is 11.8 Å². The Hall–Kier alpha value is -2.54. The van der Waals surface area contributed by atoms with Crippen LogP contribution in [0.15, 0.2) is 55.3 Å². The summed E-state index contributed by atoms with van der Waals surface area (Å²) in [7, 11) is 0. The van der Waals surface area contributed by atoms with Crippen molar-refractivity contribution in [2.24, 2.45) is 0 Å². The molecule has 0 saturated heterocycles. The molecular weight excluding hydrogens is 231 g/mol. The van der Waals surface area contributed by atoms with Crippen molar-refractivity contribution < 1.29 is 9.13 Å². The number of nitrogens with zero attached hydrogens (tertiary/aromatic N) is 1. The second kappa shape index (κ2) is 6.92. The number of anilines is 1. The van der Waals surface area contributed by atoms with E-state index in [2.05, 4.69) is 18.5 Å². The molecule has 0 aliphatic rings. The predicted molar refractivity (Wildman–Crippen MR) is 69.6 cm³/mol. The Morgan fingerprint density at radius 1 is 1.56 bits per heavy atom. The molecule has 1 rings (SSSR count). The number of rotatable bonds is 6. The van der Waals surface area contributed by atoms with Gasteiger partial charge >= 0.3 is 0 Å². The fourth-order valence-electron chi connectivity index (χ4n) is 1.19. The van der Waals surface area contributed by atoms with Crippen molar-refractivity contribution in [2.75, 3.05) is 11.9 Å². The Labute approximate surface area is 106 Å². The number of nitrogens with one attached hydrogen (secondary N) is 1. The predicted octanol–water partition coefficient (Wildman–Crippen LogP) is 3.40. The van der Waals surface area contributed by atoms with Crippen molar-refractivity contribution in [3.05, 3.63) is 61.2 Å². The van der Waals surface area contributed by atoms with Crippen molar-refractivity contribution >= 4 is 5.69 Å². The molecule has 0 heterocycles. The monoisotopic (exact) mass is 244 g/mol. The van der Waals surface area contributed by atoms with E-state index in [4.69, 9.17) is 10.00 Å². The summed E-state index contributed by atoms with van der Waals surface area (Å²) in [6.07, 6.45) is 4.79. The standard InChI is InChI=1S/C14H13FN2O/c1-3-4-5-11(2)18-14-7-6-12(10-13(14)15)17-9-8-16/h3-7,10,17H,1-2,9H2/b5-4-. The first-order valence-electron chi connectivity index (χ1n) is 5.23. The number of ether oxygens (including phenoxy) is 1. The summed E-state index contributed by atoms with van der Waals surface area (Å²) in [5.74, 6) is -0.131. The molecule has 1 aromatic rings. The van der Waals surface area contributed by atoms with E-state index in [1.165, 1.54) is 12.1 Å². The van der Waals surface area contributed by atoms with Gasteiger partial charge in [-0.25, -0.2) is 4.39 Å². The second-order valence-electron chi connectivity index (χ2n) is 3.32. The van der Waals surface area contributed by atoms with E-state index < -0.39 is 5.82 Å². The van der Waals surface area contributed by atoms with Crippen molar-refractivity contribution in [2.45, 2.75) is 0 Å². The van der Waals surface area contributed by atoms with E-state index in [9.17, 15) is 4.39 Å². The van der Waals surface area contributed by atoms with Gasteiger partial charge in [0.05, 0.1) is 6.07 Å². The third-order valence-corrected chi connectivity index (χ3v) is 1.96. The van der Waals surface area contributed by atoms with Gasteiger partial charge in [-0.05, 0) is 18.2 Å². The molecule has 0 radical (unpaired) electrons. The largest absolute Gasteiger partial charge is 0.455 e. The molecule has 92 valence electrons. The lowest BCUT2D eigenvalue weighted by atomic mass is 10.3. The first kappa shape index (κ1) is 13.5. The van der Waals surface area contributed by atoms with Gasteiger partial charge in [0.1, 0.15) is 12.3 Å². The van der Waals surface area contributed by atoms with Gasteiger partial charge in [0.2, 0.25) is 0 Å². The topological polar surface area (TPSA) is 45.0 Å². The summed E-state index contributed by atoms with van der Waals surface area (Å²) in [5, 5.41) is 11.1. The lowest BCUT2D eigenvalue weighted by Crippen LogP contribution is -2.00. The van der Waals surface area contributed by atoms with Crippen LogP contribution in [0.4, 0.5) is 10.1 Å². The number of hydrogen-bond acceptors (Lipinski definition) is 3. The molecule has 0 atom stereocenters. The van der Waals surface area contributed by atoms with Gasteiger partial charge in [0.25, 0.3) is 0 Å². The average molecular weight is 244 g/mol. The molecule has 4 heteroatoms. The van der Waals surface area contributed by atoms with Crippen LogP contribution in [0.25, 0.3) is 0 Å². The normalized spacial score (nSPS) is 9.78. The van der Waals surface area contributed by atoms with Gasteiger partial charge in [-0.15, -0.1) is 0 Å². The first-order valence-corrected chi connectivity index (χ1v) is 5.23. The lowest BCUT2D eigenvalue weighted by Gasteiger charge is -2.08. The fourth-order valence-corrected chi connectivity index (χ4v) is 1.19. The minimum absolute atomic E-state index is 0.0798. The highest BCUT2D eigenvalue weighted by atomic mass is 19.1. The highest BCUT2D eigenvalue weighted by Crippen LogP contribution is 2.22. The van der Waals surface area contributed by atoms with Crippen LogP contribution in [-0.2, 0) is 0 Å². The summed E-state index contributed by atoms with van der Waals surface area (Å²) >= 11 is 0. The van der Waals surface area contributed by atoms with Crippen molar-refractivity contribution in [3.63, 3.8) is 0 Å². The van der Waals surface area contributed by atoms with Crippen LogP contribution in [0.5, 0.6) is 5.75 Å². The molecule has 0 aromatic heterocycles. The summed E-state index contributed by atoms with van der Waals surface area (Å²) in [5.41, 5.74) is 0.522. The maximum Gasteiger partial charge on any atom is 0.167 e. The Morgan fingerprint density at radius 2 is 2.33 bits per heavy atom. The van der Waals surface area contributed by atoms with Gasteiger partial charge in [0, 0.05) is 11.8 Å². The summed E-state index contributed by atoms with van der Waals surface area (Å²) < 4.78 is 18.8. The average Bonchev–Trinajstić information content (AvgIpc) is 2.36. The number of allylic oxidation sites excluding steroid dienone is 3. The van der Waals surface area contributed by atoms with Crippen LogP contribution in [-0.4, -0.2) is 6.54 Å². The molecule has 0 spiro atoms. The van der Waals surface area contributed by atoms with E-state index in [0.29, 0.717) is 11.4 Å². The Bertz CT molecular complexity index is 515. The second-order valence-corrected chi connectivity index (χ2v) is 3.32. The first-order chi connectivity index (χ1) is 8.67. The highest BCUT2D eigenvalue weighted by Gasteiger charge is 2.05. The number of halogens is 1. The number of hydrogen-bond donors (Lipinski definition) is 1. The Kier molecular flexibility index (Phi) is 5.20. The fraction of sp³-hybridized carbons (Fsp3) is 0.0714. The van der Waals surface area contributed by atoms with E-state index >= 15 is 0 Å². The minimum atomic E-state index is -0.522. The molecule has 0 aliphatic heterocycles. The summed E-state index contributed by atoms with van der Waals surface area (Å²) in [6, 6.07) is 6.27. The van der Waals surface area contributed by atoms with Gasteiger partial charge < -0.3 is 10.1 Å². The van der Waals surface area contributed by atoms with Gasteiger partial charge in [-0.3, -0.25) is 0 Å². The molecular formula is C14H13FN2O. The van der Waals surface area contributed by atoms with Crippen LogP contribution in [0.3, 0.4) is 0 Å². The zero-order valence-electron chi connectivity index (χ0n) is 9.82. The lowest BCUT2D eigenvalue weighted by molar-refractivity contribution is 0.414. The highest BCUT2D eigenvalue weighted by molar-refractivity contribution is 5.48. The van der Waals surface area contributed by atoms with E-state index in [1.807, 2.05) is 6.07 Å². The molecule has 18 heavy (non-hydrogen) atoms. The maximum atomic E-state index is 13.6. The van der Waals surface area contributed by atoms with E-state index in [0.717, 1.165) is 0 Å². The third kappa shape index (κ3) is 4.14. The minimum Gasteiger partial charge on any atom is -0.455 e. The van der Waals surface area contributed by atoms with Crippen LogP contribution in [0.2, 0.25) is 0 Å². The zero-order chi connectivity index (χ0) is 13.4. The molecule has 0 amide bonds. The molecule has 0 saturated carbocycles. The summed E-state index contributed by atoms with van der Waals surface area (Å²) in [6.45, 7) is 7.24. The molecule has 0 unspecified atom stereocenters. The van der Waals surface area contributed by atoms with Gasteiger partial charge in [-0.2, -0.15) is 5.26 Å². The number of nitriles is 1. The van der Waals surface area contributed by atoms with Crippen LogP contribution >= 0.6 is 0 Å². The smallest absolute Gasteiger partial charge is 0.167 e. The Balaban J connectivity index is 2.74. The third-order valence-electron chi connectivity index (χ3n) is 1.96. The quantitative estimate of drug-likeness (QED) is 0.474.